The number of hydrogen-bond donors (Lipinski definition) is 1. The summed E-state index contributed by atoms with van der Waals surface area (Å²) in [6.07, 6.45) is 5.60. The summed E-state index contributed by atoms with van der Waals surface area (Å²) in [5, 5.41) is 15.5. The molecule has 6 rings (SSSR count). The lowest BCUT2D eigenvalue weighted by atomic mass is 9.94. The van der Waals surface area contributed by atoms with Crippen LogP contribution in [0.4, 0.5) is 5.82 Å². The summed E-state index contributed by atoms with van der Waals surface area (Å²) < 4.78 is 7.75. The van der Waals surface area contributed by atoms with Crippen LogP contribution in [0.15, 0.2) is 72.6 Å². The van der Waals surface area contributed by atoms with Gasteiger partial charge in [0.2, 0.25) is 0 Å². The molecule has 238 valence electrons. The average molecular weight is 620 g/mol. The number of likely N-dealkylation sites (tertiary alicyclic amines) is 1. The van der Waals surface area contributed by atoms with E-state index in [2.05, 4.69) is 46.7 Å². The second kappa shape index (κ2) is 13.3. The highest BCUT2D eigenvalue weighted by Gasteiger charge is 2.35. The van der Waals surface area contributed by atoms with Gasteiger partial charge in [0.25, 0.3) is 5.91 Å². The summed E-state index contributed by atoms with van der Waals surface area (Å²) in [7, 11) is 2.15. The van der Waals surface area contributed by atoms with E-state index in [-0.39, 0.29) is 23.1 Å². The van der Waals surface area contributed by atoms with Crippen molar-refractivity contribution in [2.24, 2.45) is 0 Å². The van der Waals surface area contributed by atoms with Crippen molar-refractivity contribution in [3.63, 3.8) is 0 Å². The standard InChI is InChI=1S/C35H41N9O2/c1-35(2,42-20-18-41(3)19-21-42)16-7-8-26(22-36)34(45)43-17-15-27(43)23-44-33-30(32(37)38-24-39-33)31(40-44)25-11-13-29(14-12-25)46-28-9-5-4-6-10-28/h4-6,8-14,24,27H,7,15-21,23H2,1-3H3,(H2,37,38,39)/b26-8+. The second-order valence-corrected chi connectivity index (χ2v) is 12.7. The van der Waals surface area contributed by atoms with Crippen molar-refractivity contribution in [2.45, 2.75) is 51.2 Å². The number of allylic oxidation sites excluding steroid dienone is 1. The summed E-state index contributed by atoms with van der Waals surface area (Å²) in [6.45, 7) is 9.69. The third kappa shape index (κ3) is 6.59. The molecule has 1 atom stereocenters. The van der Waals surface area contributed by atoms with Crippen molar-refractivity contribution in [1.29, 1.82) is 5.26 Å². The van der Waals surface area contributed by atoms with Crippen LogP contribution in [0.5, 0.6) is 11.5 Å². The van der Waals surface area contributed by atoms with Crippen LogP contribution in [0.2, 0.25) is 0 Å². The Morgan fingerprint density at radius 2 is 1.76 bits per heavy atom. The van der Waals surface area contributed by atoms with Crippen LogP contribution in [-0.4, -0.2) is 91.7 Å². The minimum absolute atomic E-state index is 0.00153. The van der Waals surface area contributed by atoms with Crippen molar-refractivity contribution in [2.75, 3.05) is 45.5 Å². The molecule has 2 aliphatic rings. The van der Waals surface area contributed by atoms with Crippen LogP contribution in [0.1, 0.15) is 33.1 Å². The largest absolute Gasteiger partial charge is 0.457 e. The number of nitrogens with zero attached hydrogens (tertiary/aromatic N) is 8. The first-order valence-electron chi connectivity index (χ1n) is 15.9. The number of hydrogen-bond acceptors (Lipinski definition) is 9. The molecule has 0 radical (unpaired) electrons. The van der Waals surface area contributed by atoms with Gasteiger partial charge in [-0.05, 0) is 76.6 Å². The number of nitrogen functional groups attached to an aromatic ring is 1. The summed E-state index contributed by atoms with van der Waals surface area (Å²) in [5.74, 6) is 1.57. The molecular weight excluding hydrogens is 578 g/mol. The maximum absolute atomic E-state index is 13.5. The van der Waals surface area contributed by atoms with Gasteiger partial charge < -0.3 is 20.3 Å². The molecule has 4 aromatic rings. The van der Waals surface area contributed by atoms with Crippen LogP contribution in [0.3, 0.4) is 0 Å². The topological polar surface area (TPSA) is 129 Å². The number of likely N-dealkylation sites (N-methyl/N-ethyl adjacent to an activating group) is 1. The normalized spacial score (nSPS) is 17.9. The molecule has 0 aliphatic carbocycles. The van der Waals surface area contributed by atoms with E-state index in [0.29, 0.717) is 47.8 Å². The highest BCUT2D eigenvalue weighted by molar-refractivity contribution is 5.99. The fourth-order valence-corrected chi connectivity index (χ4v) is 6.24. The van der Waals surface area contributed by atoms with Crippen molar-refractivity contribution in [3.05, 3.63) is 72.6 Å². The summed E-state index contributed by atoms with van der Waals surface area (Å²) in [6, 6.07) is 19.3. The molecule has 2 aromatic heterocycles. The van der Waals surface area contributed by atoms with E-state index in [9.17, 15) is 10.1 Å². The third-order valence-electron chi connectivity index (χ3n) is 9.27. The molecule has 2 aliphatic heterocycles. The number of carbonyl (C=O) groups is 1. The molecular formula is C35H41N9O2. The predicted octanol–water partition coefficient (Wildman–Crippen LogP) is 4.72. The number of nitrogens with two attached hydrogens (primary N) is 1. The first kappa shape index (κ1) is 31.2. The summed E-state index contributed by atoms with van der Waals surface area (Å²) in [5.41, 5.74) is 8.66. The number of aromatic nitrogens is 4. The van der Waals surface area contributed by atoms with E-state index in [1.54, 1.807) is 9.58 Å². The Morgan fingerprint density at radius 1 is 1.04 bits per heavy atom. The SMILES string of the molecule is CN1CCN(C(C)(C)CC/C=C(\C#N)C(=O)N2CCC2Cn2nc(-c3ccc(Oc4ccccc4)cc3)c3c(N)ncnc32)CC1. The maximum atomic E-state index is 13.5. The lowest BCUT2D eigenvalue weighted by molar-refractivity contribution is -0.134. The highest BCUT2D eigenvalue weighted by Crippen LogP contribution is 2.33. The number of ether oxygens (including phenoxy) is 1. The van der Waals surface area contributed by atoms with Gasteiger partial charge in [-0.15, -0.1) is 0 Å². The Labute approximate surface area is 269 Å². The zero-order valence-corrected chi connectivity index (χ0v) is 26.8. The fraction of sp³-hybridized carbons (Fsp3) is 0.400. The van der Waals surface area contributed by atoms with E-state index in [0.717, 1.165) is 50.3 Å². The van der Waals surface area contributed by atoms with E-state index in [4.69, 9.17) is 15.6 Å². The number of anilines is 1. The lowest BCUT2D eigenvalue weighted by Gasteiger charge is -2.43. The maximum Gasteiger partial charge on any atom is 0.264 e. The number of carbonyl (C=O) groups excluding carboxylic acids is 1. The quantitative estimate of drug-likeness (QED) is 0.198. The van der Waals surface area contributed by atoms with Gasteiger partial charge in [0, 0.05) is 43.8 Å². The molecule has 1 amide bonds. The average Bonchev–Trinajstić information content (AvgIpc) is 3.42. The van der Waals surface area contributed by atoms with E-state index in [1.807, 2.05) is 60.7 Å². The van der Waals surface area contributed by atoms with Gasteiger partial charge >= 0.3 is 0 Å². The molecule has 1 unspecified atom stereocenters. The number of rotatable bonds is 10. The number of benzene rings is 2. The molecule has 0 spiro atoms. The number of para-hydroxylation sites is 1. The van der Waals surface area contributed by atoms with Gasteiger partial charge in [-0.25, -0.2) is 14.6 Å². The molecule has 2 saturated heterocycles. The molecule has 46 heavy (non-hydrogen) atoms. The number of fused-ring (bicyclic) bond motifs is 1. The Bertz CT molecular complexity index is 1750. The molecule has 2 fully saturated rings. The minimum atomic E-state index is -0.226. The third-order valence-corrected chi connectivity index (χ3v) is 9.27. The van der Waals surface area contributed by atoms with Crippen molar-refractivity contribution in [1.82, 2.24) is 34.4 Å². The lowest BCUT2D eigenvalue weighted by Crippen LogP contribution is -2.53. The van der Waals surface area contributed by atoms with Gasteiger partial charge in [-0.2, -0.15) is 10.4 Å². The van der Waals surface area contributed by atoms with E-state index >= 15 is 0 Å². The van der Waals surface area contributed by atoms with Crippen LogP contribution in [0.25, 0.3) is 22.3 Å². The molecule has 0 saturated carbocycles. The smallest absolute Gasteiger partial charge is 0.264 e. The van der Waals surface area contributed by atoms with Crippen molar-refractivity contribution in [3.8, 4) is 28.8 Å². The van der Waals surface area contributed by atoms with Crippen LogP contribution < -0.4 is 10.5 Å². The molecule has 0 bridgehead atoms. The molecule has 2 N–H and O–H groups in total. The van der Waals surface area contributed by atoms with Crippen LogP contribution in [0, 0.1) is 11.3 Å². The Morgan fingerprint density at radius 3 is 2.43 bits per heavy atom. The van der Waals surface area contributed by atoms with E-state index < -0.39 is 0 Å². The number of amides is 1. The van der Waals surface area contributed by atoms with Gasteiger partial charge in [0.15, 0.2) is 5.65 Å². The number of piperazine rings is 1. The van der Waals surface area contributed by atoms with Crippen LogP contribution >= 0.6 is 0 Å². The molecule has 11 heteroatoms. The first-order valence-corrected chi connectivity index (χ1v) is 15.9. The van der Waals surface area contributed by atoms with Gasteiger partial charge in [-0.3, -0.25) is 9.69 Å². The predicted molar refractivity (Wildman–Crippen MR) is 178 cm³/mol. The van der Waals surface area contributed by atoms with Crippen molar-refractivity contribution < 1.29 is 9.53 Å². The monoisotopic (exact) mass is 619 g/mol. The zero-order chi connectivity index (χ0) is 32.3. The molecule has 11 nitrogen and oxygen atoms in total. The Kier molecular flexibility index (Phi) is 9.01. The van der Waals surface area contributed by atoms with Crippen molar-refractivity contribution >= 4 is 22.8 Å². The minimum Gasteiger partial charge on any atom is -0.457 e. The summed E-state index contributed by atoms with van der Waals surface area (Å²) >= 11 is 0. The van der Waals surface area contributed by atoms with Crippen LogP contribution in [-0.2, 0) is 11.3 Å². The zero-order valence-electron chi connectivity index (χ0n) is 26.8. The van der Waals surface area contributed by atoms with Gasteiger partial charge in [0.1, 0.15) is 41.0 Å². The fourth-order valence-electron chi connectivity index (χ4n) is 6.24. The first-order chi connectivity index (χ1) is 22.2. The number of nitriles is 1. The Balaban J connectivity index is 1.15. The highest BCUT2D eigenvalue weighted by atomic mass is 16.5. The molecule has 4 heterocycles. The van der Waals surface area contributed by atoms with Gasteiger partial charge in [0.05, 0.1) is 18.0 Å². The summed E-state index contributed by atoms with van der Waals surface area (Å²) in [4.78, 5) is 28.8. The van der Waals surface area contributed by atoms with Gasteiger partial charge in [-0.1, -0.05) is 24.3 Å². The van der Waals surface area contributed by atoms with E-state index in [1.165, 1.54) is 6.33 Å². The molecule has 2 aromatic carbocycles. The Hall–Kier alpha value is -4.79. The second-order valence-electron chi connectivity index (χ2n) is 12.7.